The van der Waals surface area contributed by atoms with Gasteiger partial charge in [0.1, 0.15) is 11.6 Å². The Balaban J connectivity index is 2.05. The van der Waals surface area contributed by atoms with Crippen LogP contribution < -0.4 is 10.1 Å². The first-order chi connectivity index (χ1) is 9.63. The van der Waals surface area contributed by atoms with Gasteiger partial charge >= 0.3 is 6.55 Å². The topological polar surface area (TPSA) is 39.1 Å². The average molecular weight is 281 g/mol. The minimum atomic E-state index is -2.57. The van der Waals surface area contributed by atoms with E-state index in [1.807, 2.05) is 31.2 Å². The van der Waals surface area contributed by atoms with Crippen LogP contribution in [0.3, 0.4) is 0 Å². The molecular formula is C14H17F2N3O. The van der Waals surface area contributed by atoms with E-state index in [-0.39, 0.29) is 12.6 Å². The standard InChI is InChI=1S/C14H17F2N3O/c1-10(11-5-3-4-6-12(11)20-2)18-9-13-17-7-8-19(13)14(15)16/h3-8,10,14,18H,9H2,1-2H3/t10-/m0/s1. The zero-order valence-corrected chi connectivity index (χ0v) is 11.4. The molecule has 0 aliphatic rings. The van der Waals surface area contributed by atoms with Crippen molar-refractivity contribution in [3.63, 3.8) is 0 Å². The molecule has 0 saturated carbocycles. The second-order valence-corrected chi connectivity index (χ2v) is 4.37. The lowest BCUT2D eigenvalue weighted by Crippen LogP contribution is -2.21. The molecule has 2 rings (SSSR count). The van der Waals surface area contributed by atoms with Gasteiger partial charge in [-0.25, -0.2) is 4.98 Å². The molecule has 1 atom stereocenters. The van der Waals surface area contributed by atoms with Gasteiger partial charge in [-0.15, -0.1) is 0 Å². The highest BCUT2D eigenvalue weighted by Gasteiger charge is 2.14. The number of ether oxygens (including phenoxy) is 1. The maximum atomic E-state index is 12.7. The van der Waals surface area contributed by atoms with E-state index in [1.54, 1.807) is 7.11 Å². The van der Waals surface area contributed by atoms with Gasteiger partial charge in [0, 0.05) is 24.0 Å². The molecule has 20 heavy (non-hydrogen) atoms. The molecule has 0 aliphatic heterocycles. The first-order valence-corrected chi connectivity index (χ1v) is 6.29. The Morgan fingerprint density at radius 3 is 2.80 bits per heavy atom. The van der Waals surface area contributed by atoms with Crippen molar-refractivity contribution in [2.24, 2.45) is 0 Å². The average Bonchev–Trinajstić information content (AvgIpc) is 2.93. The number of aromatic nitrogens is 2. The molecule has 108 valence electrons. The van der Waals surface area contributed by atoms with Crippen LogP contribution in [0.1, 0.15) is 30.9 Å². The lowest BCUT2D eigenvalue weighted by molar-refractivity contribution is 0.0665. The van der Waals surface area contributed by atoms with Gasteiger partial charge in [-0.2, -0.15) is 8.78 Å². The van der Waals surface area contributed by atoms with Crippen molar-refractivity contribution in [3.05, 3.63) is 48.0 Å². The van der Waals surface area contributed by atoms with Crippen molar-refractivity contribution in [1.29, 1.82) is 0 Å². The van der Waals surface area contributed by atoms with E-state index < -0.39 is 6.55 Å². The molecule has 0 aliphatic carbocycles. The van der Waals surface area contributed by atoms with Gasteiger partial charge in [0.2, 0.25) is 0 Å². The van der Waals surface area contributed by atoms with Gasteiger partial charge in [-0.3, -0.25) is 4.57 Å². The molecule has 0 spiro atoms. The SMILES string of the molecule is COc1ccccc1[C@H](C)NCc1nccn1C(F)F. The van der Waals surface area contributed by atoms with Gasteiger partial charge < -0.3 is 10.1 Å². The van der Waals surface area contributed by atoms with Crippen LogP contribution in [0.25, 0.3) is 0 Å². The second kappa shape index (κ2) is 6.47. The first kappa shape index (κ1) is 14.5. The van der Waals surface area contributed by atoms with E-state index in [4.69, 9.17) is 4.74 Å². The number of benzene rings is 1. The smallest absolute Gasteiger partial charge is 0.319 e. The molecule has 0 amide bonds. The van der Waals surface area contributed by atoms with Crippen molar-refractivity contribution >= 4 is 0 Å². The molecule has 1 N–H and O–H groups in total. The lowest BCUT2D eigenvalue weighted by Gasteiger charge is -2.17. The van der Waals surface area contributed by atoms with E-state index in [1.165, 1.54) is 12.4 Å². The summed E-state index contributed by atoms with van der Waals surface area (Å²) in [7, 11) is 1.61. The van der Waals surface area contributed by atoms with Gasteiger partial charge in [0.25, 0.3) is 0 Å². The Bertz CT molecular complexity index is 557. The Labute approximate surface area is 116 Å². The van der Waals surface area contributed by atoms with E-state index >= 15 is 0 Å². The van der Waals surface area contributed by atoms with Crippen LogP contribution in [-0.2, 0) is 6.54 Å². The number of hydrogen-bond acceptors (Lipinski definition) is 3. The fourth-order valence-electron chi connectivity index (χ4n) is 2.04. The summed E-state index contributed by atoms with van der Waals surface area (Å²) in [5.41, 5.74) is 0.977. The van der Waals surface area contributed by atoms with Crippen LogP contribution in [0.4, 0.5) is 8.78 Å². The molecule has 1 heterocycles. The predicted molar refractivity (Wildman–Crippen MR) is 71.7 cm³/mol. The van der Waals surface area contributed by atoms with Crippen molar-refractivity contribution < 1.29 is 13.5 Å². The van der Waals surface area contributed by atoms with Crippen LogP contribution in [0, 0.1) is 0 Å². The summed E-state index contributed by atoms with van der Waals surface area (Å²) in [5.74, 6) is 1.08. The Morgan fingerprint density at radius 1 is 1.35 bits per heavy atom. The molecule has 0 radical (unpaired) electrons. The summed E-state index contributed by atoms with van der Waals surface area (Å²) >= 11 is 0. The van der Waals surface area contributed by atoms with Gasteiger partial charge in [0.05, 0.1) is 13.7 Å². The van der Waals surface area contributed by atoms with Gasteiger partial charge in [-0.05, 0) is 13.0 Å². The molecular weight excluding hydrogens is 264 g/mol. The monoisotopic (exact) mass is 281 g/mol. The molecule has 0 bridgehead atoms. The van der Waals surface area contributed by atoms with Crippen molar-refractivity contribution in [2.75, 3.05) is 7.11 Å². The molecule has 6 heteroatoms. The number of alkyl halides is 2. The minimum Gasteiger partial charge on any atom is -0.496 e. The fourth-order valence-corrected chi connectivity index (χ4v) is 2.04. The van der Waals surface area contributed by atoms with Crippen LogP contribution in [0.5, 0.6) is 5.75 Å². The number of hydrogen-bond donors (Lipinski definition) is 1. The number of imidazole rings is 1. The molecule has 0 saturated heterocycles. The molecule has 4 nitrogen and oxygen atoms in total. The van der Waals surface area contributed by atoms with E-state index in [9.17, 15) is 8.78 Å². The Kier molecular flexibility index (Phi) is 4.68. The number of rotatable bonds is 6. The summed E-state index contributed by atoms with van der Waals surface area (Å²) in [6.45, 7) is -0.361. The highest BCUT2D eigenvalue weighted by molar-refractivity contribution is 5.35. The number of halogens is 2. The maximum Gasteiger partial charge on any atom is 0.319 e. The number of nitrogens with zero attached hydrogens (tertiary/aromatic N) is 2. The van der Waals surface area contributed by atoms with Crippen LogP contribution >= 0.6 is 0 Å². The van der Waals surface area contributed by atoms with Crippen molar-refractivity contribution in [3.8, 4) is 5.75 Å². The van der Waals surface area contributed by atoms with E-state index in [0.717, 1.165) is 15.9 Å². The number of nitrogens with one attached hydrogen (secondary N) is 1. The van der Waals surface area contributed by atoms with E-state index in [0.29, 0.717) is 5.82 Å². The van der Waals surface area contributed by atoms with Crippen molar-refractivity contribution in [1.82, 2.24) is 14.9 Å². The maximum absolute atomic E-state index is 12.7. The summed E-state index contributed by atoms with van der Waals surface area (Å²) in [6, 6.07) is 7.58. The third-order valence-electron chi connectivity index (χ3n) is 3.13. The predicted octanol–water partition coefficient (Wildman–Crippen LogP) is 3.14. The first-order valence-electron chi connectivity index (χ1n) is 6.29. The highest BCUT2D eigenvalue weighted by atomic mass is 19.3. The van der Waals surface area contributed by atoms with Gasteiger partial charge in [0.15, 0.2) is 0 Å². The van der Waals surface area contributed by atoms with Crippen LogP contribution in [0.15, 0.2) is 36.7 Å². The molecule has 1 aromatic carbocycles. The van der Waals surface area contributed by atoms with Crippen molar-refractivity contribution in [2.45, 2.75) is 26.1 Å². The highest BCUT2D eigenvalue weighted by Crippen LogP contribution is 2.24. The summed E-state index contributed by atoms with van der Waals surface area (Å²) in [6.07, 6.45) is 2.65. The molecule has 2 aromatic rings. The third-order valence-corrected chi connectivity index (χ3v) is 3.13. The zero-order valence-electron chi connectivity index (χ0n) is 11.4. The summed E-state index contributed by atoms with van der Waals surface area (Å²) < 4.78 is 31.5. The summed E-state index contributed by atoms with van der Waals surface area (Å²) in [4.78, 5) is 3.93. The number of para-hydroxylation sites is 1. The Hall–Kier alpha value is -1.95. The Morgan fingerprint density at radius 2 is 2.10 bits per heavy atom. The normalized spacial score (nSPS) is 12.7. The zero-order chi connectivity index (χ0) is 14.5. The summed E-state index contributed by atoms with van der Waals surface area (Å²) in [5, 5.41) is 3.17. The van der Waals surface area contributed by atoms with Gasteiger partial charge in [-0.1, -0.05) is 18.2 Å². The third kappa shape index (κ3) is 3.14. The van der Waals surface area contributed by atoms with Crippen LogP contribution in [-0.4, -0.2) is 16.7 Å². The lowest BCUT2D eigenvalue weighted by atomic mass is 10.1. The minimum absolute atomic E-state index is 0.0334. The molecule has 0 unspecified atom stereocenters. The quantitative estimate of drug-likeness (QED) is 0.884. The number of methoxy groups -OCH3 is 1. The largest absolute Gasteiger partial charge is 0.496 e. The molecule has 0 fully saturated rings. The second-order valence-electron chi connectivity index (χ2n) is 4.37. The van der Waals surface area contributed by atoms with Crippen LogP contribution in [0.2, 0.25) is 0 Å². The molecule has 1 aromatic heterocycles. The van der Waals surface area contributed by atoms with E-state index in [2.05, 4.69) is 10.3 Å². The fraction of sp³-hybridized carbons (Fsp3) is 0.357.